The second-order valence-corrected chi connectivity index (χ2v) is 5.37. The van der Waals surface area contributed by atoms with Crippen molar-refractivity contribution in [1.29, 1.82) is 0 Å². The van der Waals surface area contributed by atoms with Crippen molar-refractivity contribution in [3.05, 3.63) is 35.6 Å². The summed E-state index contributed by atoms with van der Waals surface area (Å²) in [5, 5.41) is 9.15. The third-order valence-corrected chi connectivity index (χ3v) is 3.76. The first kappa shape index (κ1) is 16.9. The molecule has 1 aromatic carbocycles. The highest BCUT2D eigenvalue weighted by atomic mass is 19.1. The van der Waals surface area contributed by atoms with E-state index in [0.717, 1.165) is 32.8 Å². The summed E-state index contributed by atoms with van der Waals surface area (Å²) in [6.45, 7) is 4.73. The number of morpholine rings is 1. The van der Waals surface area contributed by atoms with E-state index in [4.69, 9.17) is 9.84 Å². The second kappa shape index (κ2) is 8.82. The molecule has 0 spiro atoms. The zero-order valence-corrected chi connectivity index (χ0v) is 12.7. The van der Waals surface area contributed by atoms with E-state index < -0.39 is 0 Å². The Balaban J connectivity index is 1.86. The van der Waals surface area contributed by atoms with E-state index in [2.05, 4.69) is 4.90 Å². The van der Waals surface area contributed by atoms with E-state index in [1.54, 1.807) is 17.0 Å². The molecule has 1 aromatic rings. The number of halogens is 1. The van der Waals surface area contributed by atoms with Crippen LogP contribution < -0.4 is 0 Å². The lowest BCUT2D eigenvalue weighted by Gasteiger charge is -2.30. The number of amides is 1. The number of nitrogens with zero attached hydrogens (tertiary/aromatic N) is 2. The molecule has 0 atom stereocenters. The highest BCUT2D eigenvalue weighted by molar-refractivity contribution is 5.78. The molecule has 0 aliphatic carbocycles. The van der Waals surface area contributed by atoms with E-state index >= 15 is 0 Å². The molecule has 0 aromatic heterocycles. The predicted octanol–water partition coefficient (Wildman–Crippen LogP) is 0.521. The standard InChI is InChI=1S/C16H23FN2O3/c17-15-3-1-2-14(12-15)13-16(21)19(6-9-20)5-4-18-7-10-22-11-8-18/h1-3,12,20H,4-11,13H2. The number of ether oxygens (including phenoxy) is 1. The lowest BCUT2D eigenvalue weighted by Crippen LogP contribution is -2.44. The lowest BCUT2D eigenvalue weighted by molar-refractivity contribution is -0.131. The molecule has 22 heavy (non-hydrogen) atoms. The summed E-state index contributed by atoms with van der Waals surface area (Å²) in [4.78, 5) is 16.2. The van der Waals surface area contributed by atoms with Crippen molar-refractivity contribution in [2.45, 2.75) is 6.42 Å². The molecule has 1 fully saturated rings. The van der Waals surface area contributed by atoms with Gasteiger partial charge in [-0.3, -0.25) is 9.69 Å². The SMILES string of the molecule is O=C(Cc1cccc(F)c1)N(CCO)CCN1CCOCC1. The van der Waals surface area contributed by atoms with Crippen molar-refractivity contribution >= 4 is 5.91 Å². The maximum atomic E-state index is 13.2. The second-order valence-electron chi connectivity index (χ2n) is 5.37. The highest BCUT2D eigenvalue weighted by Gasteiger charge is 2.16. The predicted molar refractivity (Wildman–Crippen MR) is 81.0 cm³/mol. The Morgan fingerprint density at radius 3 is 2.77 bits per heavy atom. The number of aliphatic hydroxyl groups is 1. The van der Waals surface area contributed by atoms with Crippen LogP contribution in [0.25, 0.3) is 0 Å². The first-order valence-corrected chi connectivity index (χ1v) is 7.62. The monoisotopic (exact) mass is 310 g/mol. The molecule has 0 unspecified atom stereocenters. The normalized spacial score (nSPS) is 15.7. The molecule has 1 aliphatic rings. The zero-order valence-electron chi connectivity index (χ0n) is 12.7. The van der Waals surface area contributed by atoms with Gasteiger partial charge < -0.3 is 14.7 Å². The molecule has 0 radical (unpaired) electrons. The highest BCUT2D eigenvalue weighted by Crippen LogP contribution is 2.07. The first-order valence-electron chi connectivity index (χ1n) is 7.62. The van der Waals surface area contributed by atoms with Gasteiger partial charge in [0.25, 0.3) is 0 Å². The summed E-state index contributed by atoms with van der Waals surface area (Å²) in [6.07, 6.45) is 0.154. The van der Waals surface area contributed by atoms with Crippen LogP contribution in [0, 0.1) is 5.82 Å². The smallest absolute Gasteiger partial charge is 0.227 e. The van der Waals surface area contributed by atoms with Crippen molar-refractivity contribution in [1.82, 2.24) is 9.80 Å². The first-order chi connectivity index (χ1) is 10.7. The number of aliphatic hydroxyl groups excluding tert-OH is 1. The van der Waals surface area contributed by atoms with Gasteiger partial charge in [-0.25, -0.2) is 4.39 Å². The lowest BCUT2D eigenvalue weighted by atomic mass is 10.1. The summed E-state index contributed by atoms with van der Waals surface area (Å²) in [5.74, 6) is -0.430. The van der Waals surface area contributed by atoms with Crippen LogP contribution in [0.1, 0.15) is 5.56 Å². The van der Waals surface area contributed by atoms with E-state index in [9.17, 15) is 9.18 Å². The van der Waals surface area contributed by atoms with Crippen LogP contribution in [0.4, 0.5) is 4.39 Å². The van der Waals surface area contributed by atoms with Gasteiger partial charge in [0.1, 0.15) is 5.82 Å². The van der Waals surface area contributed by atoms with Crippen LogP contribution in [0.3, 0.4) is 0 Å². The van der Waals surface area contributed by atoms with E-state index in [0.29, 0.717) is 18.7 Å². The van der Waals surface area contributed by atoms with Crippen molar-refractivity contribution in [3.63, 3.8) is 0 Å². The average molecular weight is 310 g/mol. The van der Waals surface area contributed by atoms with Crippen molar-refractivity contribution in [2.75, 3.05) is 52.5 Å². The molecule has 1 heterocycles. The van der Waals surface area contributed by atoms with Crippen molar-refractivity contribution < 1.29 is 19.0 Å². The van der Waals surface area contributed by atoms with Gasteiger partial charge in [0.15, 0.2) is 0 Å². The van der Waals surface area contributed by atoms with Gasteiger partial charge in [0.05, 0.1) is 26.2 Å². The molecule has 1 aliphatic heterocycles. The zero-order chi connectivity index (χ0) is 15.8. The maximum Gasteiger partial charge on any atom is 0.227 e. The Kier molecular flexibility index (Phi) is 6.76. The van der Waals surface area contributed by atoms with Crippen LogP contribution in [0.15, 0.2) is 24.3 Å². The molecule has 1 saturated heterocycles. The molecule has 0 saturated carbocycles. The van der Waals surface area contributed by atoms with Gasteiger partial charge in [0.2, 0.25) is 5.91 Å². The Labute approximate surface area is 130 Å². The van der Waals surface area contributed by atoms with Gasteiger partial charge in [-0.15, -0.1) is 0 Å². The maximum absolute atomic E-state index is 13.2. The number of carbonyl (C=O) groups excluding carboxylic acids is 1. The number of hydrogen-bond donors (Lipinski definition) is 1. The molecule has 6 heteroatoms. The summed E-state index contributed by atoms with van der Waals surface area (Å²) < 4.78 is 18.5. The summed E-state index contributed by atoms with van der Waals surface area (Å²) >= 11 is 0. The van der Waals surface area contributed by atoms with Crippen LogP contribution in [0.5, 0.6) is 0 Å². The number of rotatable bonds is 7. The number of hydrogen-bond acceptors (Lipinski definition) is 4. The molecular weight excluding hydrogens is 287 g/mol. The minimum Gasteiger partial charge on any atom is -0.395 e. The van der Waals surface area contributed by atoms with Gasteiger partial charge in [-0.05, 0) is 17.7 Å². The largest absolute Gasteiger partial charge is 0.395 e. The topological polar surface area (TPSA) is 53.0 Å². The fraction of sp³-hybridized carbons (Fsp3) is 0.562. The molecule has 5 nitrogen and oxygen atoms in total. The number of benzene rings is 1. The van der Waals surface area contributed by atoms with Gasteiger partial charge in [-0.1, -0.05) is 12.1 Å². The fourth-order valence-electron chi connectivity index (χ4n) is 2.50. The van der Waals surface area contributed by atoms with E-state index in [1.807, 2.05) is 0 Å². The third kappa shape index (κ3) is 5.36. The minimum atomic E-state index is -0.340. The van der Waals surface area contributed by atoms with E-state index in [1.165, 1.54) is 12.1 Å². The summed E-state index contributed by atoms with van der Waals surface area (Å²) in [5.41, 5.74) is 0.652. The van der Waals surface area contributed by atoms with Crippen LogP contribution in [0.2, 0.25) is 0 Å². The van der Waals surface area contributed by atoms with Crippen LogP contribution >= 0.6 is 0 Å². The average Bonchev–Trinajstić information content (AvgIpc) is 2.52. The number of carbonyl (C=O) groups is 1. The molecule has 122 valence electrons. The van der Waals surface area contributed by atoms with E-state index in [-0.39, 0.29) is 24.8 Å². The molecule has 2 rings (SSSR count). The van der Waals surface area contributed by atoms with Crippen LogP contribution in [-0.4, -0.2) is 73.4 Å². The minimum absolute atomic E-state index is 0.0714. The van der Waals surface area contributed by atoms with Crippen molar-refractivity contribution in [2.24, 2.45) is 0 Å². The molecule has 0 bridgehead atoms. The van der Waals surface area contributed by atoms with Crippen molar-refractivity contribution in [3.8, 4) is 0 Å². The van der Waals surface area contributed by atoms with Gasteiger partial charge >= 0.3 is 0 Å². The molecule has 1 amide bonds. The Hall–Kier alpha value is -1.50. The van der Waals surface area contributed by atoms with Gasteiger partial charge in [0, 0.05) is 32.7 Å². The third-order valence-electron chi connectivity index (χ3n) is 3.76. The van der Waals surface area contributed by atoms with Gasteiger partial charge in [-0.2, -0.15) is 0 Å². The quantitative estimate of drug-likeness (QED) is 0.798. The molecular formula is C16H23FN2O3. The summed E-state index contributed by atoms with van der Waals surface area (Å²) in [7, 11) is 0. The summed E-state index contributed by atoms with van der Waals surface area (Å²) in [6, 6.07) is 6.07. The van der Waals surface area contributed by atoms with Crippen LogP contribution in [-0.2, 0) is 16.0 Å². The Bertz CT molecular complexity index is 478. The fourth-order valence-corrected chi connectivity index (χ4v) is 2.50. The Morgan fingerprint density at radius 2 is 2.09 bits per heavy atom. The molecule has 1 N–H and O–H groups in total. The Morgan fingerprint density at radius 1 is 1.32 bits per heavy atom.